The Hall–Kier alpha value is -3.27. The maximum Gasteiger partial charge on any atom is 0.347 e. The lowest BCUT2D eigenvalue weighted by Gasteiger charge is -2.15. The molecule has 8 nitrogen and oxygen atoms in total. The van der Waals surface area contributed by atoms with Gasteiger partial charge in [-0.25, -0.2) is 17.6 Å². The van der Waals surface area contributed by atoms with E-state index in [4.69, 9.17) is 4.74 Å². The van der Waals surface area contributed by atoms with Crippen LogP contribution in [0.5, 0.6) is 5.75 Å². The van der Waals surface area contributed by atoms with E-state index in [2.05, 4.69) is 4.98 Å². The first kappa shape index (κ1) is 23.4. The average Bonchev–Trinajstić information content (AvgIpc) is 2.71. The molecule has 0 saturated carbocycles. The molecule has 1 aromatic carbocycles. The highest BCUT2D eigenvalue weighted by Gasteiger charge is 2.24. The van der Waals surface area contributed by atoms with Crippen molar-refractivity contribution in [3.8, 4) is 5.75 Å². The molecule has 0 bridgehead atoms. The molecule has 3 aromatic rings. The molecule has 0 amide bonds. The fourth-order valence-corrected chi connectivity index (χ4v) is 4.03. The first-order valence-electron chi connectivity index (χ1n) is 9.94. The summed E-state index contributed by atoms with van der Waals surface area (Å²) in [5.41, 5.74) is 0.443. The number of sulfone groups is 1. The molecular weight excluding hydrogens is 439 g/mol. The number of aromatic hydroxyl groups is 1. The van der Waals surface area contributed by atoms with Crippen molar-refractivity contribution in [1.29, 1.82) is 0 Å². The van der Waals surface area contributed by atoms with E-state index in [0.717, 1.165) is 11.8 Å². The van der Waals surface area contributed by atoms with Gasteiger partial charge in [0, 0.05) is 19.0 Å². The van der Waals surface area contributed by atoms with E-state index >= 15 is 0 Å². The van der Waals surface area contributed by atoms with Gasteiger partial charge in [-0.05, 0) is 49.1 Å². The monoisotopic (exact) mass is 462 g/mol. The minimum atomic E-state index is -3.26. The molecule has 2 aromatic heterocycles. The van der Waals surface area contributed by atoms with Gasteiger partial charge in [-0.15, -0.1) is 0 Å². The van der Waals surface area contributed by atoms with Crippen molar-refractivity contribution in [3.05, 3.63) is 69.4 Å². The Kier molecular flexibility index (Phi) is 6.93. The van der Waals surface area contributed by atoms with Crippen LogP contribution in [0.2, 0.25) is 0 Å². The lowest BCUT2D eigenvalue weighted by molar-refractivity contribution is 0.0520. The molecule has 3 rings (SSSR count). The molecule has 1 N–H and O–H groups in total. The SMILES string of the molecule is CCOC(=O)c1c(O)c2ncc(Cc3ccc(F)cc3)cc2n(CCCS(C)(=O)=O)c1=O. The summed E-state index contributed by atoms with van der Waals surface area (Å²) in [6.45, 7) is 1.57. The predicted octanol–water partition coefficient (Wildman–Crippen LogP) is 2.44. The summed E-state index contributed by atoms with van der Waals surface area (Å²) in [7, 11) is -3.26. The molecule has 0 spiro atoms. The number of carbonyl (C=O) groups excluding carboxylic acids is 1. The second-order valence-electron chi connectivity index (χ2n) is 7.40. The van der Waals surface area contributed by atoms with Crippen molar-refractivity contribution in [2.45, 2.75) is 26.3 Å². The third-order valence-electron chi connectivity index (χ3n) is 4.83. The fraction of sp³-hybridized carbons (Fsp3) is 0.318. The number of fused-ring (bicyclic) bond motifs is 1. The van der Waals surface area contributed by atoms with Crippen molar-refractivity contribution in [2.24, 2.45) is 0 Å². The molecule has 10 heteroatoms. The highest BCUT2D eigenvalue weighted by atomic mass is 32.2. The number of aromatic nitrogens is 2. The van der Waals surface area contributed by atoms with E-state index in [1.54, 1.807) is 25.1 Å². The lowest BCUT2D eigenvalue weighted by Crippen LogP contribution is -2.29. The van der Waals surface area contributed by atoms with Gasteiger partial charge in [0.2, 0.25) is 0 Å². The molecule has 170 valence electrons. The Labute approximate surface area is 184 Å². The van der Waals surface area contributed by atoms with Gasteiger partial charge in [0.1, 0.15) is 21.2 Å². The molecule has 32 heavy (non-hydrogen) atoms. The standard InChI is InChI=1S/C22H23FN2O6S/c1-3-31-22(28)18-20(26)19-17(25(21(18)27)9-4-10-32(2,29)30)12-15(13-24-19)11-14-5-7-16(23)8-6-14/h5-8,12-13,26H,3-4,9-11H2,1-2H3. The average molecular weight is 462 g/mol. The zero-order chi connectivity index (χ0) is 23.5. The van der Waals surface area contributed by atoms with Crippen LogP contribution in [-0.2, 0) is 27.5 Å². The largest absolute Gasteiger partial charge is 0.505 e. The molecule has 0 aliphatic heterocycles. The van der Waals surface area contributed by atoms with Gasteiger partial charge in [0.15, 0.2) is 11.3 Å². The zero-order valence-corrected chi connectivity index (χ0v) is 18.5. The van der Waals surface area contributed by atoms with Crippen LogP contribution in [-0.4, -0.2) is 47.7 Å². The number of esters is 1. The Morgan fingerprint density at radius 1 is 1.22 bits per heavy atom. The third-order valence-corrected chi connectivity index (χ3v) is 5.86. The summed E-state index contributed by atoms with van der Waals surface area (Å²) >= 11 is 0. The predicted molar refractivity (Wildman–Crippen MR) is 117 cm³/mol. The van der Waals surface area contributed by atoms with Gasteiger partial charge in [-0.2, -0.15) is 0 Å². The Morgan fingerprint density at radius 2 is 1.91 bits per heavy atom. The van der Waals surface area contributed by atoms with Crippen LogP contribution in [0.15, 0.2) is 41.3 Å². The summed E-state index contributed by atoms with van der Waals surface area (Å²) in [6.07, 6.45) is 3.10. The Bertz CT molecular complexity index is 1320. The maximum absolute atomic E-state index is 13.2. The molecule has 2 heterocycles. The van der Waals surface area contributed by atoms with Gasteiger partial charge in [-0.1, -0.05) is 12.1 Å². The minimum absolute atomic E-state index is 0.00320. The van der Waals surface area contributed by atoms with Gasteiger partial charge < -0.3 is 14.4 Å². The Morgan fingerprint density at radius 3 is 2.53 bits per heavy atom. The second kappa shape index (κ2) is 9.47. The van der Waals surface area contributed by atoms with E-state index in [9.17, 15) is 27.5 Å². The van der Waals surface area contributed by atoms with Crippen LogP contribution < -0.4 is 5.56 Å². The van der Waals surface area contributed by atoms with E-state index < -0.39 is 32.7 Å². The number of halogens is 1. The van der Waals surface area contributed by atoms with Crippen molar-refractivity contribution in [3.63, 3.8) is 0 Å². The summed E-state index contributed by atoms with van der Waals surface area (Å²) in [5.74, 6) is -2.08. The minimum Gasteiger partial charge on any atom is -0.505 e. The van der Waals surface area contributed by atoms with E-state index in [1.165, 1.54) is 22.9 Å². The van der Waals surface area contributed by atoms with Gasteiger partial charge in [0.25, 0.3) is 5.56 Å². The topological polar surface area (TPSA) is 116 Å². The summed E-state index contributed by atoms with van der Waals surface area (Å²) in [4.78, 5) is 29.6. The third kappa shape index (κ3) is 5.31. The number of benzene rings is 1. The molecule has 0 aliphatic carbocycles. The number of ether oxygens (including phenoxy) is 1. The van der Waals surface area contributed by atoms with Gasteiger partial charge in [-0.3, -0.25) is 9.78 Å². The van der Waals surface area contributed by atoms with E-state index in [-0.39, 0.29) is 42.2 Å². The highest BCUT2D eigenvalue weighted by molar-refractivity contribution is 7.90. The molecule has 0 saturated heterocycles. The lowest BCUT2D eigenvalue weighted by atomic mass is 10.1. The first-order chi connectivity index (χ1) is 15.1. The summed E-state index contributed by atoms with van der Waals surface area (Å²) < 4.78 is 42.4. The number of hydrogen-bond donors (Lipinski definition) is 1. The zero-order valence-electron chi connectivity index (χ0n) is 17.7. The normalized spacial score (nSPS) is 11.6. The molecule has 0 radical (unpaired) electrons. The number of aryl methyl sites for hydroxylation is 1. The summed E-state index contributed by atoms with van der Waals surface area (Å²) in [6, 6.07) is 7.56. The maximum atomic E-state index is 13.2. The number of carbonyl (C=O) groups is 1. The molecule has 0 aliphatic rings. The van der Waals surface area contributed by atoms with Crippen LogP contribution in [0, 0.1) is 5.82 Å². The molecule has 0 fully saturated rings. The molecular formula is C22H23FN2O6S. The number of pyridine rings is 2. The van der Waals surface area contributed by atoms with Crippen molar-refractivity contribution in [2.75, 3.05) is 18.6 Å². The van der Waals surface area contributed by atoms with E-state index in [0.29, 0.717) is 12.0 Å². The van der Waals surface area contributed by atoms with Crippen molar-refractivity contribution in [1.82, 2.24) is 9.55 Å². The van der Waals surface area contributed by atoms with Crippen LogP contribution in [0.1, 0.15) is 34.8 Å². The quantitative estimate of drug-likeness (QED) is 0.511. The second-order valence-corrected chi connectivity index (χ2v) is 9.66. The van der Waals surface area contributed by atoms with Crippen molar-refractivity contribution >= 4 is 26.8 Å². The fourth-order valence-electron chi connectivity index (χ4n) is 3.38. The van der Waals surface area contributed by atoms with Crippen LogP contribution >= 0.6 is 0 Å². The van der Waals surface area contributed by atoms with E-state index in [1.807, 2.05) is 0 Å². The smallest absolute Gasteiger partial charge is 0.347 e. The molecule has 0 atom stereocenters. The number of nitrogens with zero attached hydrogens (tertiary/aromatic N) is 2. The Balaban J connectivity index is 2.12. The first-order valence-corrected chi connectivity index (χ1v) is 12.0. The number of rotatable bonds is 8. The van der Waals surface area contributed by atoms with Crippen LogP contribution in [0.25, 0.3) is 11.0 Å². The van der Waals surface area contributed by atoms with Crippen LogP contribution in [0.4, 0.5) is 4.39 Å². The molecule has 0 unspecified atom stereocenters. The number of hydrogen-bond acceptors (Lipinski definition) is 7. The van der Waals surface area contributed by atoms with Crippen molar-refractivity contribution < 1.29 is 27.4 Å². The van der Waals surface area contributed by atoms with Crippen LogP contribution in [0.3, 0.4) is 0 Å². The van der Waals surface area contributed by atoms with Gasteiger partial charge in [0.05, 0.1) is 17.9 Å². The van der Waals surface area contributed by atoms with Gasteiger partial charge >= 0.3 is 5.97 Å². The highest BCUT2D eigenvalue weighted by Crippen LogP contribution is 2.26. The summed E-state index contributed by atoms with van der Waals surface area (Å²) in [5, 5.41) is 10.6.